The number of ether oxygens (including phenoxy) is 1. The molecule has 1 saturated heterocycles. The minimum Gasteiger partial charge on any atom is -0.378 e. The summed E-state index contributed by atoms with van der Waals surface area (Å²) in [5.74, 6) is -0.279. The molecule has 0 saturated carbocycles. The first-order valence-electron chi connectivity index (χ1n) is 9.09. The summed E-state index contributed by atoms with van der Waals surface area (Å²) < 4.78 is 19.8. The molecule has 0 spiro atoms. The lowest BCUT2D eigenvalue weighted by atomic mass is 10.1. The molecular weight excluding hydrogens is 347 g/mol. The molecule has 1 aromatic carbocycles. The Bertz CT molecular complexity index is 766. The number of aromatic nitrogens is 1. The van der Waals surface area contributed by atoms with Crippen molar-refractivity contribution in [3.63, 3.8) is 0 Å². The largest absolute Gasteiger partial charge is 0.378 e. The van der Waals surface area contributed by atoms with Crippen molar-refractivity contribution in [3.05, 3.63) is 59.7 Å². The standard InChI is InChI=1S/C20H25FN4O2/c1-15(18-5-3-4-8-22-18)24(2)20(26)23-14-16-6-7-19(17(21)13-16)25-9-11-27-12-10-25/h3-8,13,15H,9-12,14H2,1-2H3,(H,23,26). The maximum Gasteiger partial charge on any atom is 0.317 e. The number of benzene rings is 1. The molecule has 1 N–H and O–H groups in total. The molecule has 144 valence electrons. The van der Waals surface area contributed by atoms with Crippen LogP contribution in [0.5, 0.6) is 0 Å². The lowest BCUT2D eigenvalue weighted by Crippen LogP contribution is -2.38. The fraction of sp³-hybridized carbons (Fsp3) is 0.400. The number of morpholine rings is 1. The first kappa shape index (κ1) is 19.1. The summed E-state index contributed by atoms with van der Waals surface area (Å²) in [6.45, 7) is 4.76. The Morgan fingerprint density at radius 3 is 2.78 bits per heavy atom. The SMILES string of the molecule is CC(c1ccccn1)N(C)C(=O)NCc1ccc(N2CCOCC2)c(F)c1. The van der Waals surface area contributed by atoms with E-state index in [1.165, 1.54) is 6.07 Å². The highest BCUT2D eigenvalue weighted by atomic mass is 19.1. The van der Waals surface area contributed by atoms with Crippen LogP contribution in [0.25, 0.3) is 0 Å². The molecule has 0 bridgehead atoms. The van der Waals surface area contributed by atoms with E-state index in [0.717, 1.165) is 11.3 Å². The molecule has 1 aromatic heterocycles. The summed E-state index contributed by atoms with van der Waals surface area (Å²) in [6.07, 6.45) is 1.70. The van der Waals surface area contributed by atoms with Gasteiger partial charge in [0.2, 0.25) is 0 Å². The second kappa shape index (κ2) is 8.81. The van der Waals surface area contributed by atoms with Gasteiger partial charge in [-0.1, -0.05) is 12.1 Å². The molecule has 1 unspecified atom stereocenters. The van der Waals surface area contributed by atoms with Crippen molar-refractivity contribution in [2.45, 2.75) is 19.5 Å². The van der Waals surface area contributed by atoms with Gasteiger partial charge in [0, 0.05) is 32.9 Å². The topological polar surface area (TPSA) is 57.7 Å². The fourth-order valence-electron chi connectivity index (χ4n) is 3.02. The molecule has 0 radical (unpaired) electrons. The van der Waals surface area contributed by atoms with Crippen molar-refractivity contribution in [1.82, 2.24) is 15.2 Å². The van der Waals surface area contributed by atoms with Crippen molar-refractivity contribution >= 4 is 11.7 Å². The zero-order chi connectivity index (χ0) is 19.2. The van der Waals surface area contributed by atoms with E-state index in [0.29, 0.717) is 32.0 Å². The van der Waals surface area contributed by atoms with Crippen LogP contribution in [0.3, 0.4) is 0 Å². The molecular formula is C20H25FN4O2. The van der Waals surface area contributed by atoms with Crippen LogP contribution in [0, 0.1) is 5.82 Å². The zero-order valence-electron chi connectivity index (χ0n) is 15.7. The molecule has 0 aliphatic carbocycles. The third-order valence-corrected chi connectivity index (χ3v) is 4.82. The number of hydrogen-bond donors (Lipinski definition) is 1. The molecule has 2 aromatic rings. The molecule has 1 aliphatic heterocycles. The van der Waals surface area contributed by atoms with Crippen LogP contribution in [0.2, 0.25) is 0 Å². The highest BCUT2D eigenvalue weighted by Crippen LogP contribution is 2.22. The van der Waals surface area contributed by atoms with Gasteiger partial charge in [-0.05, 0) is 36.8 Å². The number of anilines is 1. The van der Waals surface area contributed by atoms with E-state index in [2.05, 4.69) is 10.3 Å². The van der Waals surface area contributed by atoms with E-state index in [4.69, 9.17) is 4.74 Å². The van der Waals surface area contributed by atoms with Crippen molar-refractivity contribution in [1.29, 1.82) is 0 Å². The smallest absolute Gasteiger partial charge is 0.317 e. The number of pyridine rings is 1. The predicted octanol–water partition coefficient (Wildman–Crippen LogP) is 2.96. The number of nitrogens with zero attached hydrogens (tertiary/aromatic N) is 3. The number of nitrogens with one attached hydrogen (secondary N) is 1. The van der Waals surface area contributed by atoms with Crippen LogP contribution in [0.15, 0.2) is 42.6 Å². The quantitative estimate of drug-likeness (QED) is 0.877. The summed E-state index contributed by atoms with van der Waals surface area (Å²) >= 11 is 0. The Kier molecular flexibility index (Phi) is 6.24. The first-order valence-corrected chi connectivity index (χ1v) is 9.09. The highest BCUT2D eigenvalue weighted by Gasteiger charge is 2.19. The van der Waals surface area contributed by atoms with Crippen LogP contribution < -0.4 is 10.2 Å². The molecule has 7 heteroatoms. The van der Waals surface area contributed by atoms with E-state index in [-0.39, 0.29) is 24.4 Å². The van der Waals surface area contributed by atoms with Gasteiger partial charge in [-0.25, -0.2) is 9.18 Å². The Morgan fingerprint density at radius 1 is 1.33 bits per heavy atom. The molecule has 1 fully saturated rings. The van der Waals surface area contributed by atoms with Gasteiger partial charge in [0.1, 0.15) is 5.82 Å². The zero-order valence-corrected chi connectivity index (χ0v) is 15.7. The summed E-state index contributed by atoms with van der Waals surface area (Å²) in [5, 5.41) is 2.83. The van der Waals surface area contributed by atoms with Gasteiger partial charge in [-0.2, -0.15) is 0 Å². The average Bonchev–Trinajstić information content (AvgIpc) is 2.72. The molecule has 2 amide bonds. The Labute approximate surface area is 158 Å². The number of carbonyl (C=O) groups excluding carboxylic acids is 1. The third-order valence-electron chi connectivity index (χ3n) is 4.82. The molecule has 3 rings (SSSR count). The van der Waals surface area contributed by atoms with E-state index in [1.54, 1.807) is 24.2 Å². The van der Waals surface area contributed by atoms with Crippen LogP contribution in [-0.4, -0.2) is 49.3 Å². The van der Waals surface area contributed by atoms with Gasteiger partial charge in [-0.3, -0.25) is 4.98 Å². The van der Waals surface area contributed by atoms with Gasteiger partial charge in [0.05, 0.1) is 30.6 Å². The normalized spacial score (nSPS) is 15.3. The Balaban J connectivity index is 1.57. The highest BCUT2D eigenvalue weighted by molar-refractivity contribution is 5.74. The third kappa shape index (κ3) is 4.74. The Hall–Kier alpha value is -2.67. The van der Waals surface area contributed by atoms with Crippen molar-refractivity contribution in [2.24, 2.45) is 0 Å². The van der Waals surface area contributed by atoms with Gasteiger partial charge in [-0.15, -0.1) is 0 Å². The molecule has 6 nitrogen and oxygen atoms in total. The number of urea groups is 1. The molecule has 1 aliphatic rings. The van der Waals surface area contributed by atoms with E-state index in [9.17, 15) is 9.18 Å². The van der Waals surface area contributed by atoms with E-state index >= 15 is 0 Å². The minimum atomic E-state index is -0.279. The minimum absolute atomic E-state index is 0.161. The maximum absolute atomic E-state index is 14.5. The van der Waals surface area contributed by atoms with Crippen LogP contribution in [0.1, 0.15) is 24.2 Å². The second-order valence-corrected chi connectivity index (χ2v) is 6.59. The van der Waals surface area contributed by atoms with Gasteiger partial charge < -0.3 is 19.9 Å². The van der Waals surface area contributed by atoms with Crippen LogP contribution in [0.4, 0.5) is 14.9 Å². The number of rotatable bonds is 5. The van der Waals surface area contributed by atoms with Crippen LogP contribution in [-0.2, 0) is 11.3 Å². The maximum atomic E-state index is 14.5. The number of carbonyl (C=O) groups is 1. The van der Waals surface area contributed by atoms with Crippen molar-refractivity contribution in [3.8, 4) is 0 Å². The Morgan fingerprint density at radius 2 is 2.11 bits per heavy atom. The van der Waals surface area contributed by atoms with Crippen molar-refractivity contribution in [2.75, 3.05) is 38.3 Å². The van der Waals surface area contributed by atoms with E-state index in [1.807, 2.05) is 36.1 Å². The molecule has 2 heterocycles. The first-order chi connectivity index (χ1) is 13.1. The number of hydrogen-bond acceptors (Lipinski definition) is 4. The summed E-state index contributed by atoms with van der Waals surface area (Å²) in [5.41, 5.74) is 2.11. The second-order valence-electron chi connectivity index (χ2n) is 6.59. The molecule has 1 atom stereocenters. The lowest BCUT2D eigenvalue weighted by Gasteiger charge is -2.29. The van der Waals surface area contributed by atoms with Gasteiger partial charge in [0.15, 0.2) is 0 Å². The fourth-order valence-corrected chi connectivity index (χ4v) is 3.02. The monoisotopic (exact) mass is 372 g/mol. The summed E-state index contributed by atoms with van der Waals surface area (Å²) in [6, 6.07) is 10.3. The molecule has 27 heavy (non-hydrogen) atoms. The number of amides is 2. The van der Waals surface area contributed by atoms with Gasteiger partial charge in [0.25, 0.3) is 0 Å². The summed E-state index contributed by atoms with van der Waals surface area (Å²) in [4.78, 5) is 20.2. The van der Waals surface area contributed by atoms with Crippen LogP contribution >= 0.6 is 0 Å². The van der Waals surface area contributed by atoms with Gasteiger partial charge >= 0.3 is 6.03 Å². The summed E-state index contributed by atoms with van der Waals surface area (Å²) in [7, 11) is 1.72. The number of halogens is 1. The van der Waals surface area contributed by atoms with E-state index < -0.39 is 0 Å². The predicted molar refractivity (Wildman–Crippen MR) is 102 cm³/mol. The van der Waals surface area contributed by atoms with Crippen molar-refractivity contribution < 1.29 is 13.9 Å². The average molecular weight is 372 g/mol. The lowest BCUT2D eigenvalue weighted by molar-refractivity contribution is 0.122.